The van der Waals surface area contributed by atoms with Crippen molar-refractivity contribution in [2.24, 2.45) is 5.92 Å². The van der Waals surface area contributed by atoms with E-state index in [0.29, 0.717) is 32.4 Å². The van der Waals surface area contributed by atoms with Crippen LogP contribution in [0.25, 0.3) is 0 Å². The second kappa shape index (κ2) is 8.14. The lowest BCUT2D eigenvalue weighted by Gasteiger charge is -2.39. The van der Waals surface area contributed by atoms with E-state index in [1.54, 1.807) is 7.11 Å². The summed E-state index contributed by atoms with van der Waals surface area (Å²) in [5.74, 6) is 0.182. The monoisotopic (exact) mass is 368 g/mol. The predicted octanol–water partition coefficient (Wildman–Crippen LogP) is 1.31. The summed E-state index contributed by atoms with van der Waals surface area (Å²) >= 11 is 0. The second-order valence-corrected chi connectivity index (χ2v) is 8.84. The fraction of sp³-hybridized carbons (Fsp3) is 0.667. The van der Waals surface area contributed by atoms with E-state index < -0.39 is 10.2 Å². The van der Waals surface area contributed by atoms with E-state index in [4.69, 9.17) is 4.74 Å². The standard InChI is InChI=1S/C18H28N2O4S/c1-24-17-7-9-20(10-8-17)25(22,23)19-18(15-12-16(21)13-15)11-14-5-3-2-4-6-14/h2-6,15-19,21H,7-13H2,1H3/t15?,16?,18-/m1/s1. The van der Waals surface area contributed by atoms with E-state index in [1.165, 1.54) is 4.31 Å². The molecule has 7 heteroatoms. The van der Waals surface area contributed by atoms with Crippen molar-refractivity contribution in [1.82, 2.24) is 9.03 Å². The molecule has 1 saturated carbocycles. The van der Waals surface area contributed by atoms with Crippen molar-refractivity contribution in [3.05, 3.63) is 35.9 Å². The van der Waals surface area contributed by atoms with E-state index in [1.807, 2.05) is 30.3 Å². The fourth-order valence-electron chi connectivity index (χ4n) is 3.71. The molecule has 0 bridgehead atoms. The minimum atomic E-state index is -3.53. The van der Waals surface area contributed by atoms with Crippen molar-refractivity contribution >= 4 is 10.2 Å². The Hall–Kier alpha value is -0.990. The van der Waals surface area contributed by atoms with Gasteiger partial charge in [0.1, 0.15) is 0 Å². The Morgan fingerprint density at radius 2 is 1.88 bits per heavy atom. The lowest BCUT2D eigenvalue weighted by molar-refractivity contribution is 0.0276. The van der Waals surface area contributed by atoms with E-state index in [2.05, 4.69) is 4.72 Å². The molecule has 2 aliphatic rings. The first-order valence-electron chi connectivity index (χ1n) is 9.00. The normalized spacial score (nSPS) is 27.0. The number of hydrogen-bond acceptors (Lipinski definition) is 4. The van der Waals surface area contributed by atoms with Gasteiger partial charge in [-0.15, -0.1) is 0 Å². The molecular weight excluding hydrogens is 340 g/mol. The van der Waals surface area contributed by atoms with Crippen LogP contribution in [0.15, 0.2) is 30.3 Å². The summed E-state index contributed by atoms with van der Waals surface area (Å²) in [4.78, 5) is 0. The molecule has 3 rings (SSSR count). The van der Waals surface area contributed by atoms with Crippen molar-refractivity contribution in [2.45, 2.75) is 50.4 Å². The molecule has 0 radical (unpaired) electrons. The number of nitrogens with zero attached hydrogens (tertiary/aromatic N) is 1. The number of rotatable bonds is 7. The Balaban J connectivity index is 1.66. The lowest BCUT2D eigenvalue weighted by atomic mass is 9.76. The molecule has 1 heterocycles. The number of nitrogens with one attached hydrogen (secondary N) is 1. The summed E-state index contributed by atoms with van der Waals surface area (Å²) in [6.45, 7) is 0.971. The van der Waals surface area contributed by atoms with E-state index in [9.17, 15) is 13.5 Å². The summed E-state index contributed by atoms with van der Waals surface area (Å²) in [6, 6.07) is 9.73. The number of hydrogen-bond donors (Lipinski definition) is 2. The molecule has 0 aromatic heterocycles. The molecule has 1 aliphatic carbocycles. The van der Waals surface area contributed by atoms with Gasteiger partial charge in [0.15, 0.2) is 0 Å². The number of benzene rings is 1. The van der Waals surface area contributed by atoms with Crippen LogP contribution in [0, 0.1) is 5.92 Å². The molecule has 1 aromatic rings. The van der Waals surface area contributed by atoms with Gasteiger partial charge in [0, 0.05) is 26.2 Å². The highest BCUT2D eigenvalue weighted by molar-refractivity contribution is 7.87. The molecule has 0 amide bonds. The Bertz CT molecular complexity index is 638. The molecule has 1 saturated heterocycles. The van der Waals surface area contributed by atoms with Crippen LogP contribution >= 0.6 is 0 Å². The van der Waals surface area contributed by atoms with Crippen LogP contribution in [-0.2, 0) is 21.4 Å². The van der Waals surface area contributed by atoms with Crippen LogP contribution in [0.2, 0.25) is 0 Å². The van der Waals surface area contributed by atoms with Gasteiger partial charge in [-0.1, -0.05) is 30.3 Å². The number of aliphatic hydroxyl groups excluding tert-OH is 1. The summed E-state index contributed by atoms with van der Waals surface area (Å²) < 4.78 is 35.4. The number of ether oxygens (including phenoxy) is 1. The minimum Gasteiger partial charge on any atom is -0.393 e. The first kappa shape index (κ1) is 18.8. The molecular formula is C18H28N2O4S. The molecule has 1 aliphatic heterocycles. The van der Waals surface area contributed by atoms with Crippen LogP contribution in [0.5, 0.6) is 0 Å². The Labute approximate surface area is 150 Å². The molecule has 0 spiro atoms. The zero-order valence-corrected chi connectivity index (χ0v) is 15.5. The Morgan fingerprint density at radius 3 is 2.44 bits per heavy atom. The smallest absolute Gasteiger partial charge is 0.279 e. The highest BCUT2D eigenvalue weighted by Crippen LogP contribution is 2.32. The first-order chi connectivity index (χ1) is 12.0. The summed E-state index contributed by atoms with van der Waals surface area (Å²) in [5.41, 5.74) is 1.11. The van der Waals surface area contributed by atoms with Crippen molar-refractivity contribution in [2.75, 3.05) is 20.2 Å². The van der Waals surface area contributed by atoms with Gasteiger partial charge in [-0.05, 0) is 43.6 Å². The third-order valence-corrected chi connectivity index (χ3v) is 7.04. The molecule has 2 fully saturated rings. The molecule has 25 heavy (non-hydrogen) atoms. The second-order valence-electron chi connectivity index (χ2n) is 7.14. The van der Waals surface area contributed by atoms with Crippen molar-refractivity contribution < 1.29 is 18.3 Å². The fourth-order valence-corrected chi connectivity index (χ4v) is 5.20. The van der Waals surface area contributed by atoms with Crippen LogP contribution in [0.3, 0.4) is 0 Å². The largest absolute Gasteiger partial charge is 0.393 e. The van der Waals surface area contributed by atoms with Crippen LogP contribution < -0.4 is 4.72 Å². The SMILES string of the molecule is COC1CCN(S(=O)(=O)N[C@H](Cc2ccccc2)C2CC(O)C2)CC1. The quantitative estimate of drug-likeness (QED) is 0.761. The van der Waals surface area contributed by atoms with Gasteiger partial charge in [-0.25, -0.2) is 0 Å². The molecule has 0 unspecified atom stereocenters. The van der Waals surface area contributed by atoms with Crippen LogP contribution in [0.1, 0.15) is 31.2 Å². The first-order valence-corrected chi connectivity index (χ1v) is 10.4. The van der Waals surface area contributed by atoms with Crippen molar-refractivity contribution in [3.63, 3.8) is 0 Å². The maximum absolute atomic E-state index is 12.8. The molecule has 1 aromatic carbocycles. The third kappa shape index (κ3) is 4.80. The molecule has 2 N–H and O–H groups in total. The maximum Gasteiger partial charge on any atom is 0.279 e. The van der Waals surface area contributed by atoms with Gasteiger partial charge in [0.2, 0.25) is 0 Å². The zero-order chi connectivity index (χ0) is 17.9. The predicted molar refractivity (Wildman–Crippen MR) is 96.3 cm³/mol. The van der Waals surface area contributed by atoms with Gasteiger partial charge in [0.05, 0.1) is 12.2 Å². The van der Waals surface area contributed by atoms with E-state index >= 15 is 0 Å². The van der Waals surface area contributed by atoms with Gasteiger partial charge < -0.3 is 9.84 Å². The van der Waals surface area contributed by atoms with Gasteiger partial charge in [0.25, 0.3) is 10.2 Å². The summed E-state index contributed by atoms with van der Waals surface area (Å²) in [6.07, 6.45) is 3.26. The summed E-state index contributed by atoms with van der Waals surface area (Å²) in [5, 5.41) is 9.64. The van der Waals surface area contributed by atoms with Crippen molar-refractivity contribution in [1.29, 1.82) is 0 Å². The number of methoxy groups -OCH3 is 1. The Kier molecular flexibility index (Phi) is 6.12. The third-order valence-electron chi connectivity index (χ3n) is 5.39. The van der Waals surface area contributed by atoms with Gasteiger partial charge >= 0.3 is 0 Å². The van der Waals surface area contributed by atoms with Gasteiger partial charge in [-0.3, -0.25) is 0 Å². The van der Waals surface area contributed by atoms with Crippen molar-refractivity contribution in [3.8, 4) is 0 Å². The molecule has 6 nitrogen and oxygen atoms in total. The average molecular weight is 368 g/mol. The summed E-state index contributed by atoms with van der Waals surface area (Å²) in [7, 11) is -1.86. The Morgan fingerprint density at radius 1 is 1.24 bits per heavy atom. The number of aliphatic hydroxyl groups is 1. The van der Waals surface area contributed by atoms with E-state index in [0.717, 1.165) is 18.4 Å². The average Bonchev–Trinajstić information content (AvgIpc) is 2.59. The maximum atomic E-state index is 12.8. The van der Waals surface area contributed by atoms with Gasteiger partial charge in [-0.2, -0.15) is 17.4 Å². The topological polar surface area (TPSA) is 78.9 Å². The molecule has 140 valence electrons. The van der Waals surface area contributed by atoms with Crippen LogP contribution in [0.4, 0.5) is 0 Å². The van der Waals surface area contributed by atoms with Crippen LogP contribution in [-0.4, -0.2) is 56.3 Å². The highest BCUT2D eigenvalue weighted by atomic mass is 32.2. The highest BCUT2D eigenvalue weighted by Gasteiger charge is 2.38. The zero-order valence-electron chi connectivity index (χ0n) is 14.7. The molecule has 1 atom stereocenters. The number of piperidine rings is 1. The van der Waals surface area contributed by atoms with E-state index in [-0.39, 0.29) is 24.2 Å². The minimum absolute atomic E-state index is 0.147. The lowest BCUT2D eigenvalue weighted by Crippen LogP contribution is -2.54.